The second-order valence-corrected chi connectivity index (χ2v) is 6.18. The predicted octanol–water partition coefficient (Wildman–Crippen LogP) is 2.48. The lowest BCUT2D eigenvalue weighted by atomic mass is 10.1. The summed E-state index contributed by atoms with van der Waals surface area (Å²) in [6.07, 6.45) is 4.97. The number of thiophene rings is 1. The SMILES string of the molecule is CCOC(=O)c1c(NC(=O)CCCCN)sc2c1CCC2. The Bertz CT molecular complexity index is 525. The highest BCUT2D eigenvalue weighted by Crippen LogP contribution is 2.39. The predicted molar refractivity (Wildman–Crippen MR) is 83.8 cm³/mol. The number of fused-ring (bicyclic) bond motifs is 1. The van der Waals surface area contributed by atoms with Gasteiger partial charge in [0.2, 0.25) is 5.91 Å². The van der Waals surface area contributed by atoms with Crippen LogP contribution in [0.25, 0.3) is 0 Å². The molecule has 0 atom stereocenters. The second kappa shape index (κ2) is 7.56. The van der Waals surface area contributed by atoms with Gasteiger partial charge in [0.15, 0.2) is 0 Å². The van der Waals surface area contributed by atoms with Crippen LogP contribution in [0.2, 0.25) is 0 Å². The molecule has 1 aromatic heterocycles. The van der Waals surface area contributed by atoms with Crippen molar-refractivity contribution < 1.29 is 14.3 Å². The van der Waals surface area contributed by atoms with E-state index in [1.54, 1.807) is 6.92 Å². The van der Waals surface area contributed by atoms with E-state index in [1.165, 1.54) is 16.2 Å². The maximum atomic E-state index is 12.1. The van der Waals surface area contributed by atoms with Gasteiger partial charge in [-0.15, -0.1) is 11.3 Å². The van der Waals surface area contributed by atoms with Crippen LogP contribution < -0.4 is 11.1 Å². The number of amides is 1. The van der Waals surface area contributed by atoms with Crippen LogP contribution in [0.15, 0.2) is 0 Å². The van der Waals surface area contributed by atoms with Crippen LogP contribution in [-0.4, -0.2) is 25.0 Å². The number of carbonyl (C=O) groups is 2. The van der Waals surface area contributed by atoms with Crippen molar-refractivity contribution in [3.63, 3.8) is 0 Å². The fraction of sp³-hybridized carbons (Fsp3) is 0.600. The average molecular weight is 310 g/mol. The summed E-state index contributed by atoms with van der Waals surface area (Å²) in [5, 5.41) is 3.53. The highest BCUT2D eigenvalue weighted by atomic mass is 32.1. The molecule has 0 radical (unpaired) electrons. The molecule has 1 amide bonds. The summed E-state index contributed by atoms with van der Waals surface area (Å²) in [4.78, 5) is 25.3. The van der Waals surface area contributed by atoms with Crippen LogP contribution in [-0.2, 0) is 22.4 Å². The van der Waals surface area contributed by atoms with Crippen molar-refractivity contribution in [3.8, 4) is 0 Å². The molecule has 0 spiro atoms. The Morgan fingerprint density at radius 2 is 2.14 bits per heavy atom. The first kappa shape index (κ1) is 16.0. The fourth-order valence-electron chi connectivity index (χ4n) is 2.53. The number of carbonyl (C=O) groups excluding carboxylic acids is 2. The highest BCUT2D eigenvalue weighted by Gasteiger charge is 2.28. The Kier molecular flexibility index (Phi) is 5.76. The van der Waals surface area contributed by atoms with Crippen molar-refractivity contribution in [2.24, 2.45) is 5.73 Å². The van der Waals surface area contributed by atoms with Crippen molar-refractivity contribution in [2.45, 2.75) is 45.4 Å². The van der Waals surface area contributed by atoms with Gasteiger partial charge in [0.25, 0.3) is 0 Å². The first-order valence-electron chi connectivity index (χ1n) is 7.49. The van der Waals surface area contributed by atoms with Crippen LogP contribution >= 0.6 is 11.3 Å². The molecule has 1 aliphatic carbocycles. The lowest BCUT2D eigenvalue weighted by Gasteiger charge is -2.07. The number of anilines is 1. The van der Waals surface area contributed by atoms with Crippen molar-refractivity contribution in [1.29, 1.82) is 0 Å². The zero-order valence-corrected chi connectivity index (χ0v) is 13.2. The maximum absolute atomic E-state index is 12.1. The van der Waals surface area contributed by atoms with Crippen molar-refractivity contribution in [2.75, 3.05) is 18.5 Å². The summed E-state index contributed by atoms with van der Waals surface area (Å²) in [5.74, 6) is -0.386. The summed E-state index contributed by atoms with van der Waals surface area (Å²) in [7, 11) is 0. The second-order valence-electron chi connectivity index (χ2n) is 5.08. The van der Waals surface area contributed by atoms with E-state index in [0.29, 0.717) is 30.1 Å². The molecule has 21 heavy (non-hydrogen) atoms. The molecule has 3 N–H and O–H groups in total. The molecule has 1 aromatic rings. The number of aryl methyl sites for hydroxylation is 1. The molecular formula is C15H22N2O3S. The van der Waals surface area contributed by atoms with E-state index in [-0.39, 0.29) is 11.9 Å². The third-order valence-corrected chi connectivity index (χ3v) is 4.72. The summed E-state index contributed by atoms with van der Waals surface area (Å²) in [5.41, 5.74) is 7.06. The Balaban J connectivity index is 2.12. The topological polar surface area (TPSA) is 81.4 Å². The molecule has 6 heteroatoms. The summed E-state index contributed by atoms with van der Waals surface area (Å²) in [6.45, 7) is 2.72. The summed E-state index contributed by atoms with van der Waals surface area (Å²) >= 11 is 1.51. The number of hydrogen-bond acceptors (Lipinski definition) is 5. The number of ether oxygens (including phenoxy) is 1. The zero-order chi connectivity index (χ0) is 15.2. The number of nitrogens with two attached hydrogens (primary N) is 1. The third kappa shape index (κ3) is 3.83. The van der Waals surface area contributed by atoms with Crippen molar-refractivity contribution in [3.05, 3.63) is 16.0 Å². The lowest BCUT2D eigenvalue weighted by Crippen LogP contribution is -2.15. The van der Waals surface area contributed by atoms with Crippen LogP contribution in [0.4, 0.5) is 5.00 Å². The van der Waals surface area contributed by atoms with E-state index in [0.717, 1.165) is 37.7 Å². The number of hydrogen-bond donors (Lipinski definition) is 2. The van der Waals surface area contributed by atoms with Gasteiger partial charge < -0.3 is 15.8 Å². The van der Waals surface area contributed by atoms with E-state index >= 15 is 0 Å². The fourth-order valence-corrected chi connectivity index (χ4v) is 3.82. The molecule has 0 bridgehead atoms. The van der Waals surface area contributed by atoms with E-state index in [1.807, 2.05) is 0 Å². The molecule has 0 saturated carbocycles. The Hall–Kier alpha value is -1.40. The first-order chi connectivity index (χ1) is 10.2. The smallest absolute Gasteiger partial charge is 0.341 e. The Morgan fingerprint density at radius 3 is 2.86 bits per heavy atom. The minimum atomic E-state index is -0.325. The van der Waals surface area contributed by atoms with Crippen LogP contribution in [0, 0.1) is 0 Å². The molecule has 2 rings (SSSR count). The van der Waals surface area contributed by atoms with Gasteiger partial charge in [0.1, 0.15) is 5.00 Å². The van der Waals surface area contributed by atoms with Gasteiger partial charge in [-0.25, -0.2) is 4.79 Å². The number of rotatable bonds is 7. The molecule has 1 heterocycles. The first-order valence-corrected chi connectivity index (χ1v) is 8.30. The lowest BCUT2D eigenvalue weighted by molar-refractivity contribution is -0.116. The number of nitrogens with one attached hydrogen (secondary N) is 1. The summed E-state index contributed by atoms with van der Waals surface area (Å²) in [6, 6.07) is 0. The van der Waals surface area contributed by atoms with Gasteiger partial charge in [0.05, 0.1) is 12.2 Å². The van der Waals surface area contributed by atoms with Gasteiger partial charge in [-0.1, -0.05) is 0 Å². The molecular weight excluding hydrogens is 288 g/mol. The molecule has 0 aromatic carbocycles. The monoisotopic (exact) mass is 310 g/mol. The van der Waals surface area contributed by atoms with Gasteiger partial charge in [0, 0.05) is 11.3 Å². The largest absolute Gasteiger partial charge is 0.462 e. The minimum Gasteiger partial charge on any atom is -0.462 e. The Morgan fingerprint density at radius 1 is 1.33 bits per heavy atom. The molecule has 0 aliphatic heterocycles. The molecule has 116 valence electrons. The molecule has 0 saturated heterocycles. The van der Waals surface area contributed by atoms with Crippen molar-refractivity contribution >= 4 is 28.2 Å². The molecule has 0 fully saturated rings. The van der Waals surface area contributed by atoms with Crippen LogP contribution in [0.1, 0.15) is 53.4 Å². The van der Waals surface area contributed by atoms with E-state index in [9.17, 15) is 9.59 Å². The van der Waals surface area contributed by atoms with E-state index in [2.05, 4.69) is 5.32 Å². The maximum Gasteiger partial charge on any atom is 0.341 e. The van der Waals surface area contributed by atoms with Gasteiger partial charge in [-0.3, -0.25) is 4.79 Å². The van der Waals surface area contributed by atoms with Gasteiger partial charge in [-0.05, 0) is 51.1 Å². The third-order valence-electron chi connectivity index (χ3n) is 3.51. The molecule has 0 unspecified atom stereocenters. The zero-order valence-electron chi connectivity index (χ0n) is 12.4. The minimum absolute atomic E-state index is 0.0612. The molecule has 1 aliphatic rings. The van der Waals surface area contributed by atoms with Crippen LogP contribution in [0.3, 0.4) is 0 Å². The van der Waals surface area contributed by atoms with Crippen LogP contribution in [0.5, 0.6) is 0 Å². The average Bonchev–Trinajstić information content (AvgIpc) is 2.99. The molecule has 5 nitrogen and oxygen atoms in total. The summed E-state index contributed by atoms with van der Waals surface area (Å²) < 4.78 is 5.13. The standard InChI is InChI=1S/C15H22N2O3S/c1-2-20-15(19)13-10-6-5-7-11(10)21-14(13)17-12(18)8-3-4-9-16/h2-9,16H2,1H3,(H,17,18). The number of unbranched alkanes of at least 4 members (excludes halogenated alkanes) is 1. The van der Waals surface area contributed by atoms with Crippen molar-refractivity contribution in [1.82, 2.24) is 0 Å². The normalized spacial score (nSPS) is 13.0. The van der Waals surface area contributed by atoms with E-state index < -0.39 is 0 Å². The Labute approximate surface area is 128 Å². The quantitative estimate of drug-likeness (QED) is 0.599. The number of esters is 1. The van der Waals surface area contributed by atoms with Gasteiger partial charge in [-0.2, -0.15) is 0 Å². The van der Waals surface area contributed by atoms with Gasteiger partial charge >= 0.3 is 5.97 Å². The highest BCUT2D eigenvalue weighted by molar-refractivity contribution is 7.17. The van der Waals surface area contributed by atoms with E-state index in [4.69, 9.17) is 10.5 Å².